The Labute approximate surface area is 103 Å². The molecule has 5 heteroatoms. The fraction of sp³-hybridized carbons (Fsp3) is 0.250. The van der Waals surface area contributed by atoms with Gasteiger partial charge in [0.2, 0.25) is 0 Å². The summed E-state index contributed by atoms with van der Waals surface area (Å²) in [5.41, 5.74) is 7.75. The van der Waals surface area contributed by atoms with E-state index in [0.717, 1.165) is 17.7 Å². The Morgan fingerprint density at radius 1 is 1.47 bits per heavy atom. The molecule has 0 spiro atoms. The maximum Gasteiger partial charge on any atom is 0.279 e. The summed E-state index contributed by atoms with van der Waals surface area (Å²) in [5.74, 6) is -0.310. The molecule has 1 heterocycles. The van der Waals surface area contributed by atoms with Crippen LogP contribution in [0.2, 0.25) is 0 Å². The van der Waals surface area contributed by atoms with Crippen molar-refractivity contribution in [1.82, 2.24) is 4.98 Å². The number of thiazole rings is 1. The van der Waals surface area contributed by atoms with Crippen molar-refractivity contribution in [3.8, 4) is 10.9 Å². The van der Waals surface area contributed by atoms with E-state index in [2.05, 4.69) is 4.98 Å². The lowest BCUT2D eigenvalue weighted by Crippen LogP contribution is -1.94. The number of aryl methyl sites for hydroxylation is 2. The van der Waals surface area contributed by atoms with Crippen molar-refractivity contribution in [1.29, 1.82) is 0 Å². The molecule has 0 fully saturated rings. The van der Waals surface area contributed by atoms with Crippen LogP contribution in [0.3, 0.4) is 0 Å². The second kappa shape index (κ2) is 4.71. The lowest BCUT2D eigenvalue weighted by atomic mass is 10.2. The summed E-state index contributed by atoms with van der Waals surface area (Å²) in [5, 5.41) is 2.35. The number of aromatic nitrogens is 1. The van der Waals surface area contributed by atoms with Gasteiger partial charge in [-0.2, -0.15) is 0 Å². The number of ether oxygens (including phenoxy) is 1. The van der Waals surface area contributed by atoms with Crippen molar-refractivity contribution in [2.24, 2.45) is 0 Å². The van der Waals surface area contributed by atoms with Crippen LogP contribution in [0, 0.1) is 12.7 Å². The van der Waals surface area contributed by atoms with Crippen molar-refractivity contribution in [2.75, 3.05) is 5.73 Å². The minimum Gasteiger partial charge on any atom is -0.428 e. The predicted molar refractivity (Wildman–Crippen MR) is 67.1 cm³/mol. The van der Waals surface area contributed by atoms with Gasteiger partial charge in [-0.3, -0.25) is 0 Å². The van der Waals surface area contributed by atoms with Gasteiger partial charge in [0.1, 0.15) is 0 Å². The van der Waals surface area contributed by atoms with Gasteiger partial charge in [-0.15, -0.1) is 0 Å². The number of nitrogen functional groups attached to an aromatic ring is 1. The van der Waals surface area contributed by atoms with Gasteiger partial charge >= 0.3 is 0 Å². The van der Waals surface area contributed by atoms with E-state index in [0.29, 0.717) is 10.9 Å². The molecule has 0 saturated heterocycles. The Morgan fingerprint density at radius 2 is 2.24 bits per heavy atom. The zero-order chi connectivity index (χ0) is 12.4. The molecule has 0 bridgehead atoms. The highest BCUT2D eigenvalue weighted by Crippen LogP contribution is 2.30. The number of hydrogen-bond acceptors (Lipinski definition) is 4. The Hall–Kier alpha value is -1.62. The first kappa shape index (κ1) is 11.9. The highest BCUT2D eigenvalue weighted by atomic mass is 32.1. The molecule has 0 amide bonds. The Bertz CT molecular complexity index is 539. The van der Waals surface area contributed by atoms with Crippen LogP contribution in [0.5, 0.6) is 10.9 Å². The van der Waals surface area contributed by atoms with Crippen molar-refractivity contribution >= 4 is 17.0 Å². The summed E-state index contributed by atoms with van der Waals surface area (Å²) in [6, 6.07) is 2.84. The number of benzene rings is 1. The topological polar surface area (TPSA) is 48.1 Å². The van der Waals surface area contributed by atoms with Crippen LogP contribution in [0.1, 0.15) is 18.2 Å². The van der Waals surface area contributed by atoms with Crippen molar-refractivity contribution < 1.29 is 9.13 Å². The highest BCUT2D eigenvalue weighted by molar-refractivity contribution is 7.11. The van der Waals surface area contributed by atoms with Crippen molar-refractivity contribution in [3.63, 3.8) is 0 Å². The third kappa shape index (κ3) is 2.55. The maximum absolute atomic E-state index is 13.6. The fourth-order valence-electron chi connectivity index (χ4n) is 1.34. The number of nitrogens with zero attached hydrogens (tertiary/aromatic N) is 1. The Morgan fingerprint density at radius 3 is 2.88 bits per heavy atom. The van der Waals surface area contributed by atoms with Gasteiger partial charge in [-0.25, -0.2) is 9.37 Å². The zero-order valence-corrected chi connectivity index (χ0v) is 10.5. The molecule has 1 aromatic carbocycles. The van der Waals surface area contributed by atoms with E-state index in [1.165, 1.54) is 17.4 Å². The number of rotatable bonds is 3. The fourth-order valence-corrected chi connectivity index (χ4v) is 2.10. The van der Waals surface area contributed by atoms with Gasteiger partial charge in [0.25, 0.3) is 5.19 Å². The van der Waals surface area contributed by atoms with E-state index >= 15 is 0 Å². The molecule has 0 unspecified atom stereocenters. The van der Waals surface area contributed by atoms with Gasteiger partial charge in [-0.05, 0) is 25.0 Å². The van der Waals surface area contributed by atoms with Gasteiger partial charge in [0.05, 0.1) is 5.69 Å². The van der Waals surface area contributed by atoms with Crippen LogP contribution < -0.4 is 10.5 Å². The summed E-state index contributed by atoms with van der Waals surface area (Å²) in [6.07, 6.45) is 0.836. The SMILES string of the molecule is CCc1csc(Oc2cc(C)c(N)cc2F)n1. The summed E-state index contributed by atoms with van der Waals surface area (Å²) >= 11 is 1.36. The number of anilines is 1. The van der Waals surface area contributed by atoms with Crippen LogP contribution in [-0.4, -0.2) is 4.98 Å². The Balaban J connectivity index is 2.26. The molecule has 1 aromatic heterocycles. The quantitative estimate of drug-likeness (QED) is 0.850. The van der Waals surface area contributed by atoms with Crippen LogP contribution in [0.15, 0.2) is 17.5 Å². The highest BCUT2D eigenvalue weighted by Gasteiger charge is 2.10. The minimum absolute atomic E-state index is 0.161. The molecule has 2 rings (SSSR count). The molecule has 0 radical (unpaired) electrons. The number of hydrogen-bond donors (Lipinski definition) is 1. The summed E-state index contributed by atoms with van der Waals surface area (Å²) in [6.45, 7) is 3.81. The predicted octanol–water partition coefficient (Wildman–Crippen LogP) is 3.53. The molecular weight excluding hydrogens is 239 g/mol. The molecule has 0 aliphatic rings. The average Bonchev–Trinajstić information content (AvgIpc) is 2.73. The molecule has 17 heavy (non-hydrogen) atoms. The second-order valence-corrected chi connectivity index (χ2v) is 4.52. The molecule has 0 saturated carbocycles. The molecular formula is C12H13FN2OS. The van der Waals surface area contributed by atoms with E-state index in [1.807, 2.05) is 12.3 Å². The lowest BCUT2D eigenvalue weighted by molar-refractivity contribution is 0.438. The summed E-state index contributed by atoms with van der Waals surface area (Å²) in [7, 11) is 0. The number of halogens is 1. The van der Waals surface area contributed by atoms with Crippen LogP contribution in [0.25, 0.3) is 0 Å². The summed E-state index contributed by atoms with van der Waals surface area (Å²) < 4.78 is 19.0. The normalized spacial score (nSPS) is 10.5. The van der Waals surface area contributed by atoms with E-state index < -0.39 is 5.82 Å². The first-order valence-corrected chi connectivity index (χ1v) is 6.16. The lowest BCUT2D eigenvalue weighted by Gasteiger charge is -2.06. The van der Waals surface area contributed by atoms with Gasteiger partial charge in [0, 0.05) is 17.1 Å². The van der Waals surface area contributed by atoms with Crippen LogP contribution in [0.4, 0.5) is 10.1 Å². The Kier molecular flexibility index (Phi) is 3.28. The van der Waals surface area contributed by atoms with Gasteiger partial charge < -0.3 is 10.5 Å². The first-order chi connectivity index (χ1) is 8.10. The van der Waals surface area contributed by atoms with Crippen LogP contribution >= 0.6 is 11.3 Å². The van der Waals surface area contributed by atoms with Gasteiger partial charge in [-0.1, -0.05) is 18.3 Å². The second-order valence-electron chi connectivity index (χ2n) is 3.70. The number of nitrogens with two attached hydrogens (primary N) is 1. The first-order valence-electron chi connectivity index (χ1n) is 5.28. The molecule has 3 nitrogen and oxygen atoms in total. The molecule has 0 atom stereocenters. The van der Waals surface area contributed by atoms with Crippen molar-refractivity contribution in [3.05, 3.63) is 34.6 Å². The minimum atomic E-state index is -0.471. The molecule has 2 aromatic rings. The maximum atomic E-state index is 13.6. The zero-order valence-electron chi connectivity index (χ0n) is 9.66. The monoisotopic (exact) mass is 252 g/mol. The summed E-state index contributed by atoms with van der Waals surface area (Å²) in [4.78, 5) is 4.22. The van der Waals surface area contributed by atoms with E-state index in [9.17, 15) is 4.39 Å². The third-order valence-corrected chi connectivity index (χ3v) is 3.18. The van der Waals surface area contributed by atoms with E-state index in [4.69, 9.17) is 10.5 Å². The molecule has 2 N–H and O–H groups in total. The largest absolute Gasteiger partial charge is 0.428 e. The molecule has 90 valence electrons. The molecule has 0 aliphatic carbocycles. The third-order valence-electron chi connectivity index (χ3n) is 2.41. The smallest absolute Gasteiger partial charge is 0.279 e. The van der Waals surface area contributed by atoms with E-state index in [1.54, 1.807) is 13.0 Å². The standard InChI is InChI=1S/C12H13FN2OS/c1-3-8-6-17-12(15-8)16-11-4-7(2)10(14)5-9(11)13/h4-6H,3,14H2,1-2H3. The van der Waals surface area contributed by atoms with E-state index in [-0.39, 0.29) is 5.75 Å². The molecule has 0 aliphatic heterocycles. The average molecular weight is 252 g/mol. The van der Waals surface area contributed by atoms with Gasteiger partial charge in [0.15, 0.2) is 11.6 Å². The van der Waals surface area contributed by atoms with Crippen LogP contribution in [-0.2, 0) is 6.42 Å². The van der Waals surface area contributed by atoms with Crippen molar-refractivity contribution in [2.45, 2.75) is 20.3 Å².